The van der Waals surface area contributed by atoms with Crippen molar-refractivity contribution in [3.63, 3.8) is 0 Å². The summed E-state index contributed by atoms with van der Waals surface area (Å²) in [6.07, 6.45) is 0.712. The number of carbonyl (C=O) groups excluding carboxylic acids is 2. The van der Waals surface area contributed by atoms with Gasteiger partial charge in [-0.3, -0.25) is 9.59 Å². The van der Waals surface area contributed by atoms with Gasteiger partial charge in [0.15, 0.2) is 6.61 Å². The smallest absolute Gasteiger partial charge is 0.261 e. The lowest BCUT2D eigenvalue weighted by molar-refractivity contribution is -0.143. The van der Waals surface area contributed by atoms with Crippen LogP contribution >= 0.6 is 34.5 Å². The third kappa shape index (κ3) is 6.44. The van der Waals surface area contributed by atoms with E-state index in [1.165, 1.54) is 21.9 Å². The van der Waals surface area contributed by atoms with Crippen LogP contribution in [0.3, 0.4) is 0 Å². The van der Waals surface area contributed by atoms with Gasteiger partial charge in [0.25, 0.3) is 5.91 Å². The number of ether oxygens (including phenoxy) is 1. The second kappa shape index (κ2) is 12.2. The van der Waals surface area contributed by atoms with Gasteiger partial charge in [0, 0.05) is 28.0 Å². The number of hydrogen-bond donors (Lipinski definition) is 0. The molecule has 5 nitrogen and oxygen atoms in total. The Morgan fingerprint density at radius 1 is 1.00 bits per heavy atom. The van der Waals surface area contributed by atoms with Crippen molar-refractivity contribution in [2.24, 2.45) is 0 Å². The van der Waals surface area contributed by atoms with Crippen LogP contribution in [0.15, 0.2) is 84.2 Å². The molecule has 1 unspecified atom stereocenters. The van der Waals surface area contributed by atoms with Crippen molar-refractivity contribution in [3.8, 4) is 5.75 Å². The van der Waals surface area contributed by atoms with Crippen LogP contribution in [0.5, 0.6) is 5.75 Å². The molecule has 4 aromatic rings. The van der Waals surface area contributed by atoms with E-state index >= 15 is 0 Å². The van der Waals surface area contributed by atoms with Gasteiger partial charge in [0.1, 0.15) is 18.1 Å². The fourth-order valence-corrected chi connectivity index (χ4v) is 6.11. The average Bonchev–Trinajstić information content (AvgIpc) is 3.42. The largest absolute Gasteiger partial charge is 0.484 e. The summed E-state index contributed by atoms with van der Waals surface area (Å²) in [4.78, 5) is 31.6. The number of halogens is 3. The Hall–Kier alpha value is -3.39. The van der Waals surface area contributed by atoms with E-state index in [9.17, 15) is 14.0 Å². The number of rotatable bonds is 8. The zero-order valence-electron chi connectivity index (χ0n) is 20.9. The summed E-state index contributed by atoms with van der Waals surface area (Å²) < 4.78 is 19.2. The van der Waals surface area contributed by atoms with Gasteiger partial charge in [-0.05, 0) is 71.0 Å². The lowest BCUT2D eigenvalue weighted by Crippen LogP contribution is -2.47. The Morgan fingerprint density at radius 2 is 1.77 bits per heavy atom. The molecule has 0 saturated heterocycles. The fourth-order valence-electron chi connectivity index (χ4n) is 4.69. The zero-order valence-corrected chi connectivity index (χ0v) is 23.2. The molecule has 1 atom stereocenters. The second-order valence-corrected chi connectivity index (χ2v) is 11.0. The first-order chi connectivity index (χ1) is 18.9. The number of para-hydroxylation sites is 1. The lowest BCUT2D eigenvalue weighted by Gasteiger charge is -2.38. The monoisotopic (exact) mass is 582 g/mol. The van der Waals surface area contributed by atoms with Crippen LogP contribution in [0.4, 0.5) is 4.39 Å². The van der Waals surface area contributed by atoms with Gasteiger partial charge in [-0.1, -0.05) is 59.6 Å². The molecule has 39 heavy (non-hydrogen) atoms. The van der Waals surface area contributed by atoms with Crippen molar-refractivity contribution in [3.05, 3.63) is 122 Å². The Balaban J connectivity index is 1.40. The summed E-state index contributed by atoms with van der Waals surface area (Å²) in [5, 5.41) is 3.00. The third-order valence-electron chi connectivity index (χ3n) is 6.61. The number of amides is 2. The Labute approximate surface area is 240 Å². The maximum Gasteiger partial charge on any atom is 0.261 e. The van der Waals surface area contributed by atoms with Gasteiger partial charge in [-0.2, -0.15) is 0 Å². The normalized spacial score (nSPS) is 14.5. The van der Waals surface area contributed by atoms with Crippen LogP contribution in [-0.2, 0) is 22.6 Å². The third-order valence-corrected chi connectivity index (χ3v) is 8.17. The molecule has 0 fully saturated rings. The minimum Gasteiger partial charge on any atom is -0.484 e. The molecule has 0 N–H and O–H groups in total. The van der Waals surface area contributed by atoms with Crippen molar-refractivity contribution in [1.82, 2.24) is 9.80 Å². The molecule has 9 heteroatoms. The van der Waals surface area contributed by atoms with Crippen molar-refractivity contribution >= 4 is 46.4 Å². The maximum absolute atomic E-state index is 13.9. The van der Waals surface area contributed by atoms with E-state index < -0.39 is 6.04 Å². The highest BCUT2D eigenvalue weighted by Gasteiger charge is 2.35. The molecule has 1 aliphatic heterocycles. The number of hydrogen-bond acceptors (Lipinski definition) is 4. The van der Waals surface area contributed by atoms with Crippen LogP contribution in [0, 0.1) is 5.82 Å². The zero-order chi connectivity index (χ0) is 27.4. The van der Waals surface area contributed by atoms with Gasteiger partial charge < -0.3 is 14.5 Å². The molecule has 0 bridgehead atoms. The first kappa shape index (κ1) is 27.2. The van der Waals surface area contributed by atoms with Gasteiger partial charge in [0.05, 0.1) is 6.04 Å². The number of carbonyl (C=O) groups is 2. The SMILES string of the molecule is O=C(COc1ccccc1)N(CC(=O)N1CCc2sccc2C1c1ccc(Cl)cc1Cl)Cc1ccc(F)cc1. The number of thiophene rings is 1. The summed E-state index contributed by atoms with van der Waals surface area (Å²) in [6, 6.07) is 21.8. The van der Waals surface area contributed by atoms with E-state index in [-0.39, 0.29) is 37.3 Å². The summed E-state index contributed by atoms with van der Waals surface area (Å²) in [5.74, 6) is -0.399. The van der Waals surface area contributed by atoms with Crippen LogP contribution in [0.1, 0.15) is 27.6 Å². The minimum atomic E-state index is -0.402. The van der Waals surface area contributed by atoms with E-state index in [0.29, 0.717) is 34.3 Å². The highest BCUT2D eigenvalue weighted by Crippen LogP contribution is 2.41. The quantitative estimate of drug-likeness (QED) is 0.230. The molecule has 1 aliphatic rings. The van der Waals surface area contributed by atoms with E-state index in [1.54, 1.807) is 52.6 Å². The molecule has 2 heterocycles. The molecule has 1 aromatic heterocycles. The van der Waals surface area contributed by atoms with Gasteiger partial charge in [0.2, 0.25) is 5.91 Å². The first-order valence-electron chi connectivity index (χ1n) is 12.4. The molecular formula is C30H25Cl2FN2O3S. The van der Waals surface area contributed by atoms with Crippen molar-refractivity contribution in [2.75, 3.05) is 19.7 Å². The molecule has 0 radical (unpaired) electrons. The molecule has 5 rings (SSSR count). The van der Waals surface area contributed by atoms with E-state index in [1.807, 2.05) is 35.7 Å². The standard InChI is InChI=1S/C30H25Cl2FN2O3S/c31-21-8-11-24(26(32)16-21)30-25-13-15-39-27(25)12-14-35(30)28(36)18-34(17-20-6-9-22(33)10-7-20)29(37)19-38-23-4-2-1-3-5-23/h1-11,13,15-16,30H,12,14,17-19H2. The average molecular weight is 584 g/mol. The minimum absolute atomic E-state index is 0.132. The lowest BCUT2D eigenvalue weighted by atomic mass is 9.93. The molecule has 0 aliphatic carbocycles. The van der Waals surface area contributed by atoms with Crippen LogP contribution in [-0.4, -0.2) is 41.3 Å². The predicted octanol–water partition coefficient (Wildman–Crippen LogP) is 6.78. The number of benzene rings is 3. The maximum atomic E-state index is 13.9. The number of fused-ring (bicyclic) bond motifs is 1. The molecule has 200 valence electrons. The van der Waals surface area contributed by atoms with Gasteiger partial charge in [-0.15, -0.1) is 11.3 Å². The van der Waals surface area contributed by atoms with E-state index in [4.69, 9.17) is 27.9 Å². The van der Waals surface area contributed by atoms with Crippen molar-refractivity contribution in [1.29, 1.82) is 0 Å². The molecule has 3 aromatic carbocycles. The van der Waals surface area contributed by atoms with E-state index in [2.05, 4.69) is 0 Å². The van der Waals surface area contributed by atoms with Gasteiger partial charge in [-0.25, -0.2) is 4.39 Å². The molecule has 2 amide bonds. The highest BCUT2D eigenvalue weighted by atomic mass is 35.5. The van der Waals surface area contributed by atoms with Crippen molar-refractivity contribution < 1.29 is 18.7 Å². The van der Waals surface area contributed by atoms with Crippen molar-refractivity contribution in [2.45, 2.75) is 19.0 Å². The Bertz CT molecular complexity index is 1460. The summed E-state index contributed by atoms with van der Waals surface area (Å²) >= 11 is 14.4. The van der Waals surface area contributed by atoms with Crippen LogP contribution in [0.2, 0.25) is 10.0 Å². The van der Waals surface area contributed by atoms with E-state index in [0.717, 1.165) is 11.1 Å². The highest BCUT2D eigenvalue weighted by molar-refractivity contribution is 7.10. The summed E-state index contributed by atoms with van der Waals surface area (Å²) in [5.41, 5.74) is 2.50. The molecule has 0 spiro atoms. The molecule has 0 saturated carbocycles. The van der Waals surface area contributed by atoms with Gasteiger partial charge >= 0.3 is 0 Å². The van der Waals surface area contributed by atoms with Crippen LogP contribution < -0.4 is 4.74 Å². The van der Waals surface area contributed by atoms with Crippen LogP contribution in [0.25, 0.3) is 0 Å². The Morgan fingerprint density at radius 3 is 2.51 bits per heavy atom. The topological polar surface area (TPSA) is 49.9 Å². The second-order valence-electron chi connectivity index (χ2n) is 9.18. The first-order valence-corrected chi connectivity index (χ1v) is 14.0. The summed E-state index contributed by atoms with van der Waals surface area (Å²) in [7, 11) is 0. The Kier molecular flexibility index (Phi) is 8.50. The fraction of sp³-hybridized carbons (Fsp3) is 0.200. The predicted molar refractivity (Wildman–Crippen MR) is 152 cm³/mol. The summed E-state index contributed by atoms with van der Waals surface area (Å²) in [6.45, 7) is 0.205. The number of nitrogens with zero attached hydrogens (tertiary/aromatic N) is 2. The molecular weight excluding hydrogens is 558 g/mol.